The fourth-order valence-corrected chi connectivity index (χ4v) is 3.93. The highest BCUT2D eigenvalue weighted by Gasteiger charge is 2.31. The Hall–Kier alpha value is -2.69. The second-order valence-electron chi connectivity index (χ2n) is 7.56. The van der Waals surface area contributed by atoms with Gasteiger partial charge in [0, 0.05) is 50.6 Å². The second-order valence-corrected chi connectivity index (χ2v) is 8.57. The molecule has 168 valence electrons. The summed E-state index contributed by atoms with van der Waals surface area (Å²) in [6.45, 7) is 5.62. The van der Waals surface area contributed by atoms with Crippen molar-refractivity contribution in [2.24, 2.45) is 0 Å². The summed E-state index contributed by atoms with van der Waals surface area (Å²) in [5.41, 5.74) is -0.204. The van der Waals surface area contributed by atoms with E-state index >= 15 is 0 Å². The van der Waals surface area contributed by atoms with E-state index in [1.54, 1.807) is 11.0 Å². The van der Waals surface area contributed by atoms with Crippen molar-refractivity contribution in [3.63, 3.8) is 0 Å². The van der Waals surface area contributed by atoms with E-state index in [1.807, 2.05) is 18.7 Å². The number of halogens is 3. The van der Waals surface area contributed by atoms with Crippen molar-refractivity contribution in [2.45, 2.75) is 38.8 Å². The number of piperazine rings is 1. The Morgan fingerprint density at radius 1 is 1.13 bits per heavy atom. The number of benzene rings is 1. The van der Waals surface area contributed by atoms with Gasteiger partial charge in [0.25, 0.3) is 0 Å². The molecule has 0 atom stereocenters. The summed E-state index contributed by atoms with van der Waals surface area (Å²) in [4.78, 5) is 28.0. The molecule has 0 unspecified atom stereocenters. The minimum absolute atomic E-state index is 0.0310. The Balaban J connectivity index is 1.45. The molecule has 1 aromatic heterocycles. The van der Waals surface area contributed by atoms with Gasteiger partial charge in [-0.2, -0.15) is 13.2 Å². The summed E-state index contributed by atoms with van der Waals surface area (Å²) >= 11 is 1.31. The van der Waals surface area contributed by atoms with E-state index in [4.69, 9.17) is 0 Å². The molecule has 0 aliphatic carbocycles. The highest BCUT2D eigenvalue weighted by atomic mass is 32.1. The lowest BCUT2D eigenvalue weighted by atomic mass is 10.1. The highest BCUT2D eigenvalue weighted by Crippen LogP contribution is 2.32. The lowest BCUT2D eigenvalue weighted by Gasteiger charge is -2.36. The van der Waals surface area contributed by atoms with Crippen molar-refractivity contribution in [2.75, 3.05) is 36.4 Å². The molecule has 1 aliphatic rings. The average molecular weight is 456 g/mol. The van der Waals surface area contributed by atoms with Crippen molar-refractivity contribution in [1.82, 2.24) is 15.1 Å². The Labute approximate surface area is 182 Å². The first-order valence-corrected chi connectivity index (χ1v) is 10.8. The first kappa shape index (κ1) is 23.0. The quantitative estimate of drug-likeness (QED) is 0.718. The van der Waals surface area contributed by atoms with Gasteiger partial charge in [0.1, 0.15) is 5.01 Å². The van der Waals surface area contributed by atoms with Crippen LogP contribution >= 0.6 is 11.3 Å². The Morgan fingerprint density at radius 3 is 2.45 bits per heavy atom. The number of carbonyl (C=O) groups is 2. The number of carbonyl (C=O) groups excluding carboxylic acids is 2. The molecule has 0 saturated carbocycles. The molecule has 1 fully saturated rings. The Bertz CT molecular complexity index is 924. The van der Waals surface area contributed by atoms with Gasteiger partial charge in [0.05, 0.1) is 5.56 Å². The minimum atomic E-state index is -4.39. The Morgan fingerprint density at radius 2 is 1.84 bits per heavy atom. The zero-order valence-electron chi connectivity index (χ0n) is 17.3. The number of amides is 2. The molecule has 2 heterocycles. The maximum absolute atomic E-state index is 12.9. The number of nitrogens with one attached hydrogen (secondary N) is 1. The van der Waals surface area contributed by atoms with Crippen molar-refractivity contribution in [1.29, 1.82) is 0 Å². The number of rotatable bonds is 6. The molecule has 1 saturated heterocycles. The highest BCUT2D eigenvalue weighted by molar-refractivity contribution is 7.15. The fourth-order valence-electron chi connectivity index (χ4n) is 3.17. The van der Waals surface area contributed by atoms with Crippen LogP contribution in [0, 0.1) is 0 Å². The van der Waals surface area contributed by atoms with Crippen molar-refractivity contribution in [3.05, 3.63) is 34.8 Å². The van der Waals surface area contributed by atoms with Gasteiger partial charge >= 0.3 is 6.18 Å². The normalized spacial score (nSPS) is 14.8. The van der Waals surface area contributed by atoms with Gasteiger partial charge in [-0.15, -0.1) is 10.2 Å². The first-order chi connectivity index (χ1) is 14.6. The van der Waals surface area contributed by atoms with Gasteiger partial charge in [-0.25, -0.2) is 0 Å². The molecule has 0 radical (unpaired) electrons. The summed E-state index contributed by atoms with van der Waals surface area (Å²) in [5, 5.41) is 11.8. The molecule has 3 rings (SSSR count). The van der Waals surface area contributed by atoms with Gasteiger partial charge in [0.2, 0.25) is 16.9 Å². The molecule has 31 heavy (non-hydrogen) atoms. The molecule has 11 heteroatoms. The first-order valence-electron chi connectivity index (χ1n) is 9.96. The monoisotopic (exact) mass is 455 g/mol. The molecule has 1 aliphatic heterocycles. The number of alkyl halides is 3. The molecule has 2 aromatic rings. The van der Waals surface area contributed by atoms with Gasteiger partial charge in [-0.05, 0) is 18.2 Å². The van der Waals surface area contributed by atoms with E-state index in [2.05, 4.69) is 15.5 Å². The summed E-state index contributed by atoms with van der Waals surface area (Å²) in [5.74, 6) is -0.235. The van der Waals surface area contributed by atoms with Crippen LogP contribution in [0.1, 0.15) is 43.2 Å². The maximum atomic E-state index is 12.9. The van der Waals surface area contributed by atoms with Crippen molar-refractivity contribution in [3.8, 4) is 0 Å². The van der Waals surface area contributed by atoms with Crippen LogP contribution in [0.2, 0.25) is 0 Å². The van der Waals surface area contributed by atoms with Crippen LogP contribution in [0.15, 0.2) is 24.3 Å². The topological polar surface area (TPSA) is 78.4 Å². The SMILES string of the molecule is CC(C)c1nnc(NC(=O)CCC(=O)N2CCN(c3cccc(C(F)(F)F)c3)CC2)s1. The van der Waals surface area contributed by atoms with E-state index in [0.29, 0.717) is 37.0 Å². The van der Waals surface area contributed by atoms with Gasteiger partial charge in [0.15, 0.2) is 0 Å². The third-order valence-electron chi connectivity index (χ3n) is 4.92. The molecular formula is C20H24F3N5O2S. The molecule has 2 amide bonds. The van der Waals surface area contributed by atoms with E-state index < -0.39 is 11.7 Å². The van der Waals surface area contributed by atoms with E-state index in [0.717, 1.165) is 17.1 Å². The van der Waals surface area contributed by atoms with Crippen LogP contribution in [0.4, 0.5) is 24.0 Å². The van der Waals surface area contributed by atoms with Crippen LogP contribution in [-0.4, -0.2) is 53.1 Å². The van der Waals surface area contributed by atoms with Crippen LogP contribution in [0.3, 0.4) is 0 Å². The third-order valence-corrected chi connectivity index (χ3v) is 6.06. The lowest BCUT2D eigenvalue weighted by molar-refractivity contribution is -0.137. The fraction of sp³-hybridized carbons (Fsp3) is 0.500. The van der Waals surface area contributed by atoms with Crippen LogP contribution < -0.4 is 10.2 Å². The molecule has 0 spiro atoms. The third kappa shape index (κ3) is 6.16. The average Bonchev–Trinajstić information content (AvgIpc) is 3.20. The number of hydrogen-bond acceptors (Lipinski definition) is 6. The van der Waals surface area contributed by atoms with Gasteiger partial charge in [-0.1, -0.05) is 31.3 Å². The molecular weight excluding hydrogens is 431 g/mol. The smallest absolute Gasteiger partial charge is 0.368 e. The van der Waals surface area contributed by atoms with Gasteiger partial charge < -0.3 is 15.1 Å². The predicted molar refractivity (Wildman–Crippen MR) is 112 cm³/mol. The van der Waals surface area contributed by atoms with Crippen molar-refractivity contribution >= 4 is 34.0 Å². The summed E-state index contributed by atoms with van der Waals surface area (Å²) in [7, 11) is 0. The zero-order chi connectivity index (χ0) is 22.6. The number of hydrogen-bond donors (Lipinski definition) is 1. The molecule has 0 bridgehead atoms. The van der Waals surface area contributed by atoms with E-state index in [-0.39, 0.29) is 30.6 Å². The van der Waals surface area contributed by atoms with Crippen LogP contribution in [-0.2, 0) is 15.8 Å². The van der Waals surface area contributed by atoms with Gasteiger partial charge in [-0.3, -0.25) is 9.59 Å². The summed E-state index contributed by atoms with van der Waals surface area (Å²) in [6, 6.07) is 5.19. The standard InChI is InChI=1S/C20H24F3N5O2S/c1-13(2)18-25-26-19(31-18)24-16(29)6-7-17(30)28-10-8-27(9-11-28)15-5-3-4-14(12-15)20(21,22)23/h3-5,12-13H,6-11H2,1-2H3,(H,24,26,29). The van der Waals surface area contributed by atoms with Crippen LogP contribution in [0.5, 0.6) is 0 Å². The predicted octanol–water partition coefficient (Wildman–Crippen LogP) is 3.75. The molecule has 1 N–H and O–H groups in total. The van der Waals surface area contributed by atoms with Crippen LogP contribution in [0.25, 0.3) is 0 Å². The lowest BCUT2D eigenvalue weighted by Crippen LogP contribution is -2.48. The second kappa shape index (κ2) is 9.63. The summed E-state index contributed by atoms with van der Waals surface area (Å²) < 4.78 is 38.7. The minimum Gasteiger partial charge on any atom is -0.368 e. The zero-order valence-corrected chi connectivity index (χ0v) is 18.1. The summed E-state index contributed by atoms with van der Waals surface area (Å²) in [6.07, 6.45) is -4.30. The number of nitrogens with zero attached hydrogens (tertiary/aromatic N) is 4. The number of anilines is 2. The van der Waals surface area contributed by atoms with E-state index in [1.165, 1.54) is 17.4 Å². The number of aromatic nitrogens is 2. The van der Waals surface area contributed by atoms with Crippen molar-refractivity contribution < 1.29 is 22.8 Å². The Kier molecular flexibility index (Phi) is 7.14. The maximum Gasteiger partial charge on any atom is 0.416 e. The van der Waals surface area contributed by atoms with E-state index in [9.17, 15) is 22.8 Å². The molecule has 7 nitrogen and oxygen atoms in total. The molecule has 1 aromatic carbocycles. The largest absolute Gasteiger partial charge is 0.416 e.